The molecule has 0 amide bonds. The Labute approximate surface area is 173 Å². The number of aryl methyl sites for hydroxylation is 1. The molecule has 0 aliphatic carbocycles. The third kappa shape index (κ3) is 11.8. The zero-order valence-corrected chi connectivity index (χ0v) is 19.1. The van der Waals surface area contributed by atoms with Gasteiger partial charge in [-0.25, -0.2) is 8.42 Å². The van der Waals surface area contributed by atoms with Crippen molar-refractivity contribution in [1.29, 1.82) is 0 Å². The number of hydrogen-bond acceptors (Lipinski definition) is 4. The number of quaternary nitrogens is 1. The smallest absolute Gasteiger partial charge is 0.180 e. The maximum Gasteiger partial charge on any atom is 0.180 e. The number of nitrogens with zero attached hydrogens (tertiary/aromatic N) is 1. The standard InChI is InChI=1S/C15H34NO.C7H8O3S/c1-4-7-10-13-16(15-17,12-9-6-3)14-11-8-5-2;1-6-2-4-7(5-3-6)11(8,9)10/h17H,4-15H2,1-3H3;2-5H,1H3,(H,8,9,10)/q+1;/p-1. The molecule has 0 saturated carbocycles. The topological polar surface area (TPSA) is 77.4 Å². The average Bonchev–Trinajstić information content (AvgIpc) is 2.66. The van der Waals surface area contributed by atoms with Crippen LogP contribution >= 0.6 is 0 Å². The van der Waals surface area contributed by atoms with Gasteiger partial charge in [0.2, 0.25) is 0 Å². The van der Waals surface area contributed by atoms with E-state index < -0.39 is 10.1 Å². The minimum Gasteiger partial charge on any atom is -0.744 e. The van der Waals surface area contributed by atoms with Crippen LogP contribution in [0.2, 0.25) is 0 Å². The third-order valence-electron chi connectivity index (χ3n) is 5.07. The number of rotatable bonds is 13. The molecule has 0 atom stereocenters. The lowest BCUT2D eigenvalue weighted by Gasteiger charge is -2.37. The van der Waals surface area contributed by atoms with E-state index in [1.54, 1.807) is 12.1 Å². The zero-order chi connectivity index (χ0) is 21.5. The molecule has 0 radical (unpaired) electrons. The van der Waals surface area contributed by atoms with E-state index in [2.05, 4.69) is 20.8 Å². The second-order valence-electron chi connectivity index (χ2n) is 7.69. The predicted octanol–water partition coefficient (Wildman–Crippen LogP) is 4.83. The van der Waals surface area contributed by atoms with E-state index in [0.717, 1.165) is 10.0 Å². The van der Waals surface area contributed by atoms with Gasteiger partial charge in [0.15, 0.2) is 6.73 Å². The van der Waals surface area contributed by atoms with Gasteiger partial charge in [-0.15, -0.1) is 0 Å². The lowest BCUT2D eigenvalue weighted by Crippen LogP contribution is -2.50. The first-order valence-electron chi connectivity index (χ1n) is 10.7. The van der Waals surface area contributed by atoms with Crippen molar-refractivity contribution in [3.05, 3.63) is 29.8 Å². The lowest BCUT2D eigenvalue weighted by atomic mass is 10.1. The summed E-state index contributed by atoms with van der Waals surface area (Å²) in [4.78, 5) is -0.178. The van der Waals surface area contributed by atoms with Crippen LogP contribution in [0.5, 0.6) is 0 Å². The van der Waals surface area contributed by atoms with Crippen LogP contribution in [0, 0.1) is 6.92 Å². The Morgan fingerprint density at radius 3 is 1.61 bits per heavy atom. The number of unbranched alkanes of at least 4 members (excludes halogenated alkanes) is 5. The molecule has 0 aliphatic rings. The molecule has 5 nitrogen and oxygen atoms in total. The van der Waals surface area contributed by atoms with E-state index in [9.17, 15) is 18.1 Å². The Morgan fingerprint density at radius 2 is 1.25 bits per heavy atom. The fourth-order valence-corrected chi connectivity index (χ4v) is 3.61. The van der Waals surface area contributed by atoms with Crippen molar-refractivity contribution in [3.8, 4) is 0 Å². The quantitative estimate of drug-likeness (QED) is 0.217. The van der Waals surface area contributed by atoms with Crippen LogP contribution < -0.4 is 0 Å². The summed E-state index contributed by atoms with van der Waals surface area (Å²) in [7, 11) is -4.27. The van der Waals surface area contributed by atoms with Crippen LogP contribution in [0.1, 0.15) is 77.7 Å². The monoisotopic (exact) mass is 415 g/mol. The highest BCUT2D eigenvalue weighted by Crippen LogP contribution is 2.14. The first-order valence-corrected chi connectivity index (χ1v) is 12.1. The molecule has 0 spiro atoms. The van der Waals surface area contributed by atoms with Gasteiger partial charge in [-0.05, 0) is 51.2 Å². The molecule has 0 unspecified atom stereocenters. The molecule has 1 aromatic carbocycles. The molecule has 0 bridgehead atoms. The Balaban J connectivity index is 0.000000567. The van der Waals surface area contributed by atoms with E-state index in [0.29, 0.717) is 6.73 Å². The van der Waals surface area contributed by atoms with Gasteiger partial charge < -0.3 is 14.1 Å². The van der Waals surface area contributed by atoms with Crippen molar-refractivity contribution in [3.63, 3.8) is 0 Å². The highest BCUT2D eigenvalue weighted by molar-refractivity contribution is 7.85. The Hall–Kier alpha value is -0.950. The molecular formula is C22H41NO4S. The summed E-state index contributed by atoms with van der Waals surface area (Å²) >= 11 is 0. The molecule has 6 heteroatoms. The molecule has 0 saturated heterocycles. The third-order valence-corrected chi connectivity index (χ3v) is 5.92. The molecule has 164 valence electrons. The van der Waals surface area contributed by atoms with Crippen molar-refractivity contribution >= 4 is 10.1 Å². The van der Waals surface area contributed by atoms with E-state index >= 15 is 0 Å². The normalized spacial score (nSPS) is 11.8. The molecule has 1 N–H and O–H groups in total. The van der Waals surface area contributed by atoms with Crippen molar-refractivity contribution in [1.82, 2.24) is 0 Å². The number of aliphatic hydroxyl groups excluding tert-OH is 1. The van der Waals surface area contributed by atoms with E-state index in [1.807, 2.05) is 6.92 Å². The average molecular weight is 416 g/mol. The molecule has 28 heavy (non-hydrogen) atoms. The predicted molar refractivity (Wildman–Crippen MR) is 115 cm³/mol. The van der Waals surface area contributed by atoms with Crippen LogP contribution in [-0.2, 0) is 10.1 Å². The van der Waals surface area contributed by atoms with Crippen LogP contribution in [0.4, 0.5) is 0 Å². The van der Waals surface area contributed by atoms with Crippen LogP contribution in [-0.4, -0.2) is 48.9 Å². The number of hydrogen-bond donors (Lipinski definition) is 1. The highest BCUT2D eigenvalue weighted by atomic mass is 32.2. The van der Waals surface area contributed by atoms with Crippen LogP contribution in [0.3, 0.4) is 0 Å². The van der Waals surface area contributed by atoms with Gasteiger partial charge in [-0.3, -0.25) is 0 Å². The Kier molecular flexibility index (Phi) is 14.5. The van der Waals surface area contributed by atoms with Gasteiger partial charge in [0, 0.05) is 0 Å². The van der Waals surface area contributed by atoms with Gasteiger partial charge in [0.25, 0.3) is 0 Å². The SMILES string of the molecule is CCCCC[N+](CO)(CCCC)CCCCC.Cc1ccc(S(=O)(=O)[O-])cc1. The first kappa shape index (κ1) is 27.0. The van der Waals surface area contributed by atoms with Crippen molar-refractivity contribution < 1.29 is 22.6 Å². The van der Waals surface area contributed by atoms with Gasteiger partial charge >= 0.3 is 0 Å². The fraction of sp³-hybridized carbons (Fsp3) is 0.727. The Morgan fingerprint density at radius 1 is 0.821 bits per heavy atom. The molecule has 1 rings (SSSR count). The molecule has 0 fully saturated rings. The van der Waals surface area contributed by atoms with Crippen LogP contribution in [0.25, 0.3) is 0 Å². The molecule has 0 heterocycles. The summed E-state index contributed by atoms with van der Waals surface area (Å²) in [5.74, 6) is 0. The Bertz CT molecular complexity index is 589. The maximum atomic E-state index is 10.4. The highest BCUT2D eigenvalue weighted by Gasteiger charge is 2.24. The fourth-order valence-electron chi connectivity index (χ4n) is 3.14. The molecule has 0 aromatic heterocycles. The number of aliphatic hydroxyl groups is 1. The zero-order valence-electron chi connectivity index (χ0n) is 18.3. The summed E-state index contributed by atoms with van der Waals surface area (Å²) in [6.45, 7) is 12.4. The maximum absolute atomic E-state index is 10.4. The second-order valence-corrected chi connectivity index (χ2v) is 9.07. The minimum absolute atomic E-state index is 0.178. The van der Waals surface area contributed by atoms with Crippen molar-refractivity contribution in [2.24, 2.45) is 0 Å². The van der Waals surface area contributed by atoms with Gasteiger partial charge in [-0.1, -0.05) is 57.7 Å². The second kappa shape index (κ2) is 15.0. The van der Waals surface area contributed by atoms with Gasteiger partial charge in [0.05, 0.1) is 24.5 Å². The molecule has 1 aromatic rings. The van der Waals surface area contributed by atoms with Crippen molar-refractivity contribution in [2.75, 3.05) is 26.4 Å². The molecule has 0 aliphatic heterocycles. The summed E-state index contributed by atoms with van der Waals surface area (Å²) in [6.07, 6.45) is 10.2. The van der Waals surface area contributed by atoms with Crippen molar-refractivity contribution in [2.45, 2.75) is 84.0 Å². The van der Waals surface area contributed by atoms with Gasteiger partial charge in [0.1, 0.15) is 10.1 Å². The first-order chi connectivity index (χ1) is 13.2. The largest absolute Gasteiger partial charge is 0.744 e. The summed E-state index contributed by atoms with van der Waals surface area (Å²) < 4.78 is 32.1. The summed E-state index contributed by atoms with van der Waals surface area (Å²) in [5, 5.41) is 9.77. The summed E-state index contributed by atoms with van der Waals surface area (Å²) in [6, 6.07) is 5.78. The minimum atomic E-state index is -4.27. The summed E-state index contributed by atoms with van der Waals surface area (Å²) in [5.41, 5.74) is 0.928. The van der Waals surface area contributed by atoms with E-state index in [1.165, 1.54) is 83.1 Å². The van der Waals surface area contributed by atoms with Crippen LogP contribution in [0.15, 0.2) is 29.2 Å². The molecular weight excluding hydrogens is 374 g/mol. The van der Waals surface area contributed by atoms with E-state index in [-0.39, 0.29) is 4.90 Å². The van der Waals surface area contributed by atoms with Gasteiger partial charge in [-0.2, -0.15) is 0 Å². The number of benzene rings is 1. The lowest BCUT2D eigenvalue weighted by molar-refractivity contribution is -0.945. The van der Waals surface area contributed by atoms with E-state index in [4.69, 9.17) is 0 Å².